The summed E-state index contributed by atoms with van der Waals surface area (Å²) in [4.78, 5) is 52.9. The van der Waals surface area contributed by atoms with Gasteiger partial charge in [0, 0.05) is 24.8 Å². The van der Waals surface area contributed by atoms with Gasteiger partial charge in [-0.3, -0.25) is 4.79 Å². The fraction of sp³-hybridized carbons (Fsp3) is 0.302. The van der Waals surface area contributed by atoms with E-state index in [2.05, 4.69) is 38.1 Å². The van der Waals surface area contributed by atoms with Gasteiger partial charge >= 0.3 is 23.9 Å². The van der Waals surface area contributed by atoms with Gasteiger partial charge in [0.25, 0.3) is 0 Å². The Balaban J connectivity index is 1.26. The lowest BCUT2D eigenvalue weighted by Gasteiger charge is -2.40. The molecule has 12 heteroatoms. The van der Waals surface area contributed by atoms with E-state index < -0.39 is 42.5 Å². The van der Waals surface area contributed by atoms with Gasteiger partial charge in [-0.1, -0.05) is 123 Å². The molecule has 6 aromatic rings. The van der Waals surface area contributed by atoms with Crippen molar-refractivity contribution in [1.82, 2.24) is 9.78 Å². The molecule has 12 nitrogen and oxygen atoms in total. The number of rotatable bonds is 19. The molecule has 5 aromatic carbocycles. The molecule has 0 bridgehead atoms. The summed E-state index contributed by atoms with van der Waals surface area (Å²) in [6.07, 6.45) is -2.46. The van der Waals surface area contributed by atoms with Gasteiger partial charge in [-0.25, -0.2) is 19.1 Å². The molecule has 0 aliphatic carbocycles. The summed E-state index contributed by atoms with van der Waals surface area (Å²) in [5.41, 5.74) is 5.56. The quantitative estimate of drug-likeness (QED) is 0.0568. The molecule has 0 radical (unpaired) electrons. The highest BCUT2D eigenvalue weighted by atomic mass is 16.7. The molecule has 1 saturated heterocycles. The van der Waals surface area contributed by atoms with Gasteiger partial charge in [0.15, 0.2) is 0 Å². The SMILES string of the molecule is CCOC(=O)CCCc1ccc(Cc2c(C(C)C)nn(Cc3ccccc3)c2OC2OC(COC(=O)c3ccccc3)CC(OC(=O)c3ccccc3)C2OC(=O)c2ccccc2)cc1. The molecule has 0 spiro atoms. The van der Waals surface area contributed by atoms with E-state index in [0.29, 0.717) is 49.4 Å². The Kier molecular flexibility index (Phi) is 15.9. The first-order chi connectivity index (χ1) is 31.6. The summed E-state index contributed by atoms with van der Waals surface area (Å²) in [7, 11) is 0. The molecule has 0 N–H and O–H groups in total. The maximum atomic E-state index is 13.9. The van der Waals surface area contributed by atoms with Crippen molar-refractivity contribution < 1.29 is 47.6 Å². The maximum absolute atomic E-state index is 13.9. The Labute approximate surface area is 379 Å². The van der Waals surface area contributed by atoms with Gasteiger partial charge in [0.2, 0.25) is 18.3 Å². The van der Waals surface area contributed by atoms with Crippen LogP contribution in [0.2, 0.25) is 0 Å². The minimum Gasteiger partial charge on any atom is -0.466 e. The molecule has 7 rings (SSSR count). The lowest BCUT2D eigenvalue weighted by molar-refractivity contribution is -0.241. The first kappa shape index (κ1) is 46.0. The average molecular weight is 879 g/mol. The van der Waals surface area contributed by atoms with Crippen LogP contribution in [0.25, 0.3) is 0 Å². The van der Waals surface area contributed by atoms with Crippen molar-refractivity contribution in [2.45, 2.75) is 89.9 Å². The van der Waals surface area contributed by atoms with Gasteiger partial charge in [-0.05, 0) is 78.8 Å². The molecule has 1 aromatic heterocycles. The highest BCUT2D eigenvalue weighted by Gasteiger charge is 2.47. The molecule has 0 saturated carbocycles. The van der Waals surface area contributed by atoms with Crippen molar-refractivity contribution in [3.8, 4) is 5.88 Å². The zero-order valence-corrected chi connectivity index (χ0v) is 36.9. The normalized spacial score (nSPS) is 16.9. The third-order valence-corrected chi connectivity index (χ3v) is 10.9. The number of aromatic nitrogens is 2. The molecule has 4 unspecified atom stereocenters. The number of carbonyl (C=O) groups excluding carboxylic acids is 4. The first-order valence-electron chi connectivity index (χ1n) is 22.1. The third kappa shape index (κ3) is 12.6. The number of aryl methyl sites for hydroxylation is 1. The van der Waals surface area contributed by atoms with E-state index in [1.54, 1.807) is 103 Å². The van der Waals surface area contributed by atoms with Crippen molar-refractivity contribution in [2.75, 3.05) is 13.2 Å². The van der Waals surface area contributed by atoms with Gasteiger partial charge in [-0.2, -0.15) is 5.10 Å². The van der Waals surface area contributed by atoms with E-state index >= 15 is 0 Å². The highest BCUT2D eigenvalue weighted by molar-refractivity contribution is 5.90. The summed E-state index contributed by atoms with van der Waals surface area (Å²) in [5.74, 6) is -1.74. The zero-order chi connectivity index (χ0) is 45.5. The number of benzene rings is 5. The Hall–Kier alpha value is -7.05. The topological polar surface area (TPSA) is 141 Å². The molecule has 1 fully saturated rings. The van der Waals surface area contributed by atoms with Crippen LogP contribution in [0.4, 0.5) is 0 Å². The van der Waals surface area contributed by atoms with Crippen LogP contribution in [0.1, 0.15) is 105 Å². The molecule has 65 heavy (non-hydrogen) atoms. The maximum Gasteiger partial charge on any atom is 0.338 e. The fourth-order valence-corrected chi connectivity index (χ4v) is 7.65. The minimum atomic E-state index is -1.38. The molecule has 1 aliphatic rings. The van der Waals surface area contributed by atoms with E-state index in [1.807, 2.05) is 30.3 Å². The zero-order valence-electron chi connectivity index (χ0n) is 36.9. The number of nitrogens with zero attached hydrogens (tertiary/aromatic N) is 2. The van der Waals surface area contributed by atoms with Crippen LogP contribution >= 0.6 is 0 Å². The van der Waals surface area contributed by atoms with Crippen molar-refractivity contribution in [1.29, 1.82) is 0 Å². The van der Waals surface area contributed by atoms with Crippen molar-refractivity contribution >= 4 is 23.9 Å². The van der Waals surface area contributed by atoms with Crippen molar-refractivity contribution in [3.05, 3.63) is 190 Å². The van der Waals surface area contributed by atoms with Crippen LogP contribution in [0.15, 0.2) is 146 Å². The van der Waals surface area contributed by atoms with Crippen molar-refractivity contribution in [2.24, 2.45) is 0 Å². The first-order valence-corrected chi connectivity index (χ1v) is 22.1. The Bertz CT molecular complexity index is 2470. The van der Waals surface area contributed by atoms with Crippen molar-refractivity contribution in [3.63, 3.8) is 0 Å². The Morgan fingerprint density at radius 1 is 0.677 bits per heavy atom. The fourth-order valence-electron chi connectivity index (χ4n) is 7.65. The Morgan fingerprint density at radius 2 is 1.23 bits per heavy atom. The largest absolute Gasteiger partial charge is 0.466 e. The second-order valence-corrected chi connectivity index (χ2v) is 16.1. The standard InChI is InChI=1S/C53H54N2O10/c1-4-60-46(56)27-17-20-37-28-30-38(31-29-37)32-44-47(36(2)3)54-55(34-39-18-9-5-10-19-39)49(44)65-53-48(64-52(59)42-25-15-8-16-26-42)45(63-51(58)41-23-13-7-14-24-41)33-43(62-53)35-61-50(57)40-21-11-6-12-22-40/h5-16,18-19,21-26,28-31,36,43,45,48,53H,4,17,20,27,32-35H2,1-3H3. The molecule has 0 amide bonds. The lowest BCUT2D eigenvalue weighted by atomic mass is 9.98. The summed E-state index contributed by atoms with van der Waals surface area (Å²) in [6, 6.07) is 43.7. The van der Waals surface area contributed by atoms with E-state index in [0.717, 1.165) is 34.4 Å². The second kappa shape index (κ2) is 22.5. The van der Waals surface area contributed by atoms with Crippen LogP contribution in [0, 0.1) is 0 Å². The Morgan fingerprint density at radius 3 is 1.82 bits per heavy atom. The minimum absolute atomic E-state index is 0.00670. The number of hydrogen-bond donors (Lipinski definition) is 0. The predicted molar refractivity (Wildman–Crippen MR) is 243 cm³/mol. The van der Waals surface area contributed by atoms with E-state index in [9.17, 15) is 19.2 Å². The van der Waals surface area contributed by atoms with E-state index in [-0.39, 0.29) is 30.5 Å². The molecule has 4 atom stereocenters. The summed E-state index contributed by atoms with van der Waals surface area (Å²) < 4.78 is 38.8. The van der Waals surface area contributed by atoms with Gasteiger partial charge in [0.1, 0.15) is 12.7 Å². The van der Waals surface area contributed by atoms with Crippen LogP contribution in [-0.4, -0.2) is 71.5 Å². The summed E-state index contributed by atoms with van der Waals surface area (Å²) >= 11 is 0. The van der Waals surface area contributed by atoms with Gasteiger partial charge in [-0.15, -0.1) is 0 Å². The smallest absolute Gasteiger partial charge is 0.338 e. The lowest BCUT2D eigenvalue weighted by Crippen LogP contribution is -2.55. The second-order valence-electron chi connectivity index (χ2n) is 16.1. The predicted octanol–water partition coefficient (Wildman–Crippen LogP) is 9.33. The monoisotopic (exact) mass is 878 g/mol. The van der Waals surface area contributed by atoms with E-state index in [4.69, 9.17) is 33.5 Å². The molecular weight excluding hydrogens is 825 g/mol. The third-order valence-electron chi connectivity index (χ3n) is 10.9. The van der Waals surface area contributed by atoms with Gasteiger partial charge in [0.05, 0.1) is 41.6 Å². The van der Waals surface area contributed by atoms with Crippen LogP contribution < -0.4 is 4.74 Å². The highest BCUT2D eigenvalue weighted by Crippen LogP contribution is 2.36. The number of carbonyl (C=O) groups is 4. The molecule has 1 aliphatic heterocycles. The molecule has 2 heterocycles. The van der Waals surface area contributed by atoms with Crippen LogP contribution in [-0.2, 0) is 47.9 Å². The molecule has 336 valence electrons. The number of ether oxygens (including phenoxy) is 6. The summed E-state index contributed by atoms with van der Waals surface area (Å²) in [5, 5.41) is 5.14. The molecular formula is C53H54N2O10. The number of hydrogen-bond acceptors (Lipinski definition) is 11. The van der Waals surface area contributed by atoms with Gasteiger partial charge < -0.3 is 28.4 Å². The van der Waals surface area contributed by atoms with Crippen LogP contribution in [0.5, 0.6) is 5.88 Å². The van der Waals surface area contributed by atoms with Crippen LogP contribution in [0.3, 0.4) is 0 Å². The number of esters is 4. The average Bonchev–Trinajstić information content (AvgIpc) is 3.66. The summed E-state index contributed by atoms with van der Waals surface area (Å²) in [6.45, 7) is 6.40. The van der Waals surface area contributed by atoms with E-state index in [1.165, 1.54) is 0 Å².